The minimum atomic E-state index is -3.93. The highest BCUT2D eigenvalue weighted by molar-refractivity contribution is 8.14. The average molecular weight is 554 g/mol. The first-order valence-electron chi connectivity index (χ1n) is 10.9. The van der Waals surface area contributed by atoms with Gasteiger partial charge in [0.1, 0.15) is 10.3 Å². The van der Waals surface area contributed by atoms with Gasteiger partial charge in [-0.15, -0.1) is 11.3 Å². The van der Waals surface area contributed by atoms with Crippen molar-refractivity contribution in [3.05, 3.63) is 47.3 Å². The summed E-state index contributed by atoms with van der Waals surface area (Å²) in [6, 6.07) is 8.47. The molecular formula is C23H27N3O7S3. The number of carbonyl (C=O) groups excluding carboxylic acids is 4. The molecule has 13 heteroatoms. The quantitative estimate of drug-likeness (QED) is 0.440. The van der Waals surface area contributed by atoms with Crippen molar-refractivity contribution in [3.63, 3.8) is 0 Å². The highest BCUT2D eigenvalue weighted by atomic mass is 32.2. The van der Waals surface area contributed by atoms with Gasteiger partial charge in [0, 0.05) is 31.5 Å². The van der Waals surface area contributed by atoms with Crippen LogP contribution >= 0.6 is 23.1 Å². The number of nitrogens with zero attached hydrogens (tertiary/aromatic N) is 2. The predicted molar refractivity (Wildman–Crippen MR) is 138 cm³/mol. The number of methoxy groups -OCH3 is 1. The largest absolute Gasteiger partial charge is 0.465 e. The van der Waals surface area contributed by atoms with E-state index in [-0.39, 0.29) is 46.4 Å². The summed E-state index contributed by atoms with van der Waals surface area (Å²) in [4.78, 5) is 50.1. The van der Waals surface area contributed by atoms with E-state index in [1.54, 1.807) is 35.7 Å². The molecule has 2 atom stereocenters. The van der Waals surface area contributed by atoms with Crippen LogP contribution in [0, 0.1) is 0 Å². The summed E-state index contributed by atoms with van der Waals surface area (Å²) >= 11 is 2.07. The molecule has 2 aromatic rings. The molecule has 1 saturated heterocycles. The maximum absolute atomic E-state index is 13.3. The molecule has 194 valence electrons. The van der Waals surface area contributed by atoms with Gasteiger partial charge in [-0.3, -0.25) is 14.4 Å². The number of thiophene rings is 1. The third-order valence-electron chi connectivity index (χ3n) is 5.48. The maximum Gasteiger partial charge on any atom is 0.337 e. The Labute approximate surface area is 218 Å². The fourth-order valence-corrected chi connectivity index (χ4v) is 7.64. The van der Waals surface area contributed by atoms with Crippen molar-refractivity contribution in [2.45, 2.75) is 28.8 Å². The number of likely N-dealkylation sites (N-methyl/N-ethyl adjacent to an activating group) is 1. The summed E-state index contributed by atoms with van der Waals surface area (Å²) in [5.41, 5.74) is 0.984. The molecule has 1 aliphatic heterocycles. The molecule has 0 bridgehead atoms. The summed E-state index contributed by atoms with van der Waals surface area (Å²) in [6.07, 6.45) is 0.178. The minimum Gasteiger partial charge on any atom is -0.465 e. The second kappa shape index (κ2) is 12.0. The highest BCUT2D eigenvalue weighted by Crippen LogP contribution is 2.34. The van der Waals surface area contributed by atoms with Crippen LogP contribution in [0.25, 0.3) is 0 Å². The van der Waals surface area contributed by atoms with Crippen LogP contribution in [0.4, 0.5) is 5.69 Å². The number of sulfonamides is 1. The van der Waals surface area contributed by atoms with E-state index in [0.717, 1.165) is 27.4 Å². The molecule has 1 aliphatic rings. The molecule has 10 nitrogen and oxygen atoms in total. The molecule has 1 fully saturated rings. The summed E-state index contributed by atoms with van der Waals surface area (Å²) in [6.45, 7) is 1.14. The van der Waals surface area contributed by atoms with Gasteiger partial charge in [-0.2, -0.15) is 4.31 Å². The molecule has 0 saturated carbocycles. The van der Waals surface area contributed by atoms with Crippen LogP contribution in [0.1, 0.15) is 23.7 Å². The molecule has 1 amide bonds. The monoisotopic (exact) mass is 553 g/mol. The van der Waals surface area contributed by atoms with E-state index in [0.29, 0.717) is 11.3 Å². The number of amides is 1. The van der Waals surface area contributed by atoms with Crippen molar-refractivity contribution in [3.8, 4) is 0 Å². The summed E-state index contributed by atoms with van der Waals surface area (Å²) in [5, 5.41) is 4.07. The van der Waals surface area contributed by atoms with E-state index in [1.807, 2.05) is 0 Å². The molecule has 1 N–H and O–H groups in total. The molecule has 3 rings (SSSR count). The fraction of sp³-hybridized carbons (Fsp3) is 0.391. The predicted octanol–water partition coefficient (Wildman–Crippen LogP) is 2.09. The number of benzene rings is 1. The Morgan fingerprint density at radius 1 is 1.19 bits per heavy atom. The van der Waals surface area contributed by atoms with Crippen molar-refractivity contribution in [1.82, 2.24) is 9.21 Å². The van der Waals surface area contributed by atoms with Gasteiger partial charge >= 0.3 is 5.97 Å². The van der Waals surface area contributed by atoms with Gasteiger partial charge in [0.15, 0.2) is 10.9 Å². The smallest absolute Gasteiger partial charge is 0.337 e. The molecule has 2 heterocycles. The highest BCUT2D eigenvalue weighted by Gasteiger charge is 2.45. The van der Waals surface area contributed by atoms with Crippen molar-refractivity contribution in [2.24, 2.45) is 0 Å². The Hall–Kier alpha value is -2.74. The first kappa shape index (κ1) is 27.8. The SMILES string of the molecule is COC(=O)c1ccc(NCC(=O)CN(C)C(=O)C2CC(SC(C)=O)CN2S(=O)(=O)c2cccs2)cc1. The standard InChI is InChI=1S/C23H27N3O7S3/c1-15(27)35-19-11-20(26(14-19)36(31,32)21-5-4-10-34-21)22(29)25(2)13-18(28)12-24-17-8-6-16(7-9-17)23(30)33-3/h4-10,19-20,24H,11-14H2,1-3H3. The van der Waals surface area contributed by atoms with Crippen molar-refractivity contribution in [1.29, 1.82) is 0 Å². The number of anilines is 1. The number of hydrogen-bond acceptors (Lipinski definition) is 10. The van der Waals surface area contributed by atoms with Gasteiger partial charge in [-0.05, 0) is 42.1 Å². The number of Topliss-reactive ketones (excluding diaryl/α,β-unsaturated/α-hetero) is 1. The van der Waals surface area contributed by atoms with Crippen LogP contribution in [0.3, 0.4) is 0 Å². The molecule has 1 aromatic heterocycles. The zero-order chi connectivity index (χ0) is 26.5. The van der Waals surface area contributed by atoms with Crippen LogP contribution in [-0.4, -0.2) is 85.5 Å². The van der Waals surface area contributed by atoms with E-state index in [1.165, 1.54) is 32.0 Å². The number of nitrogens with one attached hydrogen (secondary N) is 1. The lowest BCUT2D eigenvalue weighted by atomic mass is 10.2. The van der Waals surface area contributed by atoms with Gasteiger partial charge < -0.3 is 15.0 Å². The maximum atomic E-state index is 13.3. The average Bonchev–Trinajstić information content (AvgIpc) is 3.53. The Morgan fingerprint density at radius 3 is 2.47 bits per heavy atom. The van der Waals surface area contributed by atoms with Crippen LogP contribution in [0.5, 0.6) is 0 Å². The lowest BCUT2D eigenvalue weighted by Crippen LogP contribution is -2.48. The van der Waals surface area contributed by atoms with Crippen LogP contribution < -0.4 is 5.32 Å². The zero-order valence-electron chi connectivity index (χ0n) is 20.0. The van der Waals surface area contributed by atoms with Gasteiger partial charge in [-0.25, -0.2) is 13.2 Å². The number of thioether (sulfide) groups is 1. The van der Waals surface area contributed by atoms with Crippen molar-refractivity contribution in [2.75, 3.05) is 39.1 Å². The number of carbonyl (C=O) groups is 4. The summed E-state index contributed by atoms with van der Waals surface area (Å²) in [5.74, 6) is -1.26. The fourth-order valence-electron chi connectivity index (χ4n) is 3.80. The van der Waals surface area contributed by atoms with Crippen LogP contribution in [0.15, 0.2) is 46.0 Å². The van der Waals surface area contributed by atoms with E-state index < -0.39 is 27.9 Å². The number of ether oxygens (including phenoxy) is 1. The zero-order valence-corrected chi connectivity index (χ0v) is 22.5. The van der Waals surface area contributed by atoms with Crippen LogP contribution in [-0.2, 0) is 29.1 Å². The van der Waals surface area contributed by atoms with E-state index in [9.17, 15) is 27.6 Å². The van der Waals surface area contributed by atoms with Gasteiger partial charge in [0.25, 0.3) is 10.0 Å². The first-order chi connectivity index (χ1) is 17.0. The molecule has 0 radical (unpaired) electrons. The number of ketones is 1. The topological polar surface area (TPSA) is 130 Å². The summed E-state index contributed by atoms with van der Waals surface area (Å²) < 4.78 is 32.3. The number of esters is 1. The molecule has 0 spiro atoms. The van der Waals surface area contributed by atoms with Crippen molar-refractivity contribution < 1.29 is 32.3 Å². The Bertz CT molecular complexity index is 1210. The Morgan fingerprint density at radius 2 is 1.89 bits per heavy atom. The van der Waals surface area contributed by atoms with Gasteiger partial charge in [0.05, 0.1) is 25.8 Å². The minimum absolute atomic E-state index is 0.0335. The molecule has 0 aliphatic carbocycles. The second-order valence-electron chi connectivity index (χ2n) is 8.15. The van der Waals surface area contributed by atoms with E-state index >= 15 is 0 Å². The van der Waals surface area contributed by atoms with Crippen LogP contribution in [0.2, 0.25) is 0 Å². The molecule has 2 unspecified atom stereocenters. The second-order valence-corrected chi connectivity index (χ2v) is 12.7. The molecule has 1 aromatic carbocycles. The lowest BCUT2D eigenvalue weighted by molar-refractivity contribution is -0.136. The number of hydrogen-bond donors (Lipinski definition) is 1. The lowest BCUT2D eigenvalue weighted by Gasteiger charge is -2.26. The Kier molecular flexibility index (Phi) is 9.28. The van der Waals surface area contributed by atoms with Crippen molar-refractivity contribution >= 4 is 61.6 Å². The third kappa shape index (κ3) is 6.72. The number of rotatable bonds is 10. The molecule has 36 heavy (non-hydrogen) atoms. The van der Waals surface area contributed by atoms with Gasteiger partial charge in [-0.1, -0.05) is 17.8 Å². The van der Waals surface area contributed by atoms with E-state index in [4.69, 9.17) is 0 Å². The first-order valence-corrected chi connectivity index (χ1v) is 14.1. The summed E-state index contributed by atoms with van der Waals surface area (Å²) in [7, 11) is -1.19. The van der Waals surface area contributed by atoms with E-state index in [2.05, 4.69) is 10.1 Å². The van der Waals surface area contributed by atoms with Gasteiger partial charge in [0.2, 0.25) is 5.91 Å². The third-order valence-corrected chi connectivity index (χ3v) is 9.73. The molecular weight excluding hydrogens is 526 g/mol. The normalized spacial score (nSPS) is 18.0. The Balaban J connectivity index is 1.64.